The van der Waals surface area contributed by atoms with E-state index in [0.717, 1.165) is 30.0 Å². The minimum Gasteiger partial charge on any atom is -0.319 e. The van der Waals surface area contributed by atoms with Crippen molar-refractivity contribution in [1.29, 1.82) is 0 Å². The quantitative estimate of drug-likeness (QED) is 0.821. The molecule has 4 heteroatoms. The molecule has 1 unspecified atom stereocenters. The van der Waals surface area contributed by atoms with E-state index in [1.807, 2.05) is 28.7 Å². The van der Waals surface area contributed by atoms with E-state index in [2.05, 4.69) is 43.2 Å². The number of hydrogen-bond donors (Lipinski definition) is 1. The minimum atomic E-state index is -0.102. The Labute approximate surface area is 119 Å². The van der Waals surface area contributed by atoms with Gasteiger partial charge >= 0.3 is 0 Å². The lowest BCUT2D eigenvalue weighted by Crippen LogP contribution is -2.17. The van der Waals surface area contributed by atoms with Gasteiger partial charge in [-0.25, -0.2) is 0 Å². The third-order valence-electron chi connectivity index (χ3n) is 3.05. The fraction of sp³-hybridized carbons (Fsp3) is 0.400. The Bertz CT molecular complexity index is 504. The van der Waals surface area contributed by atoms with E-state index in [4.69, 9.17) is 5.73 Å². The lowest BCUT2D eigenvalue weighted by atomic mass is 10.0. The van der Waals surface area contributed by atoms with Gasteiger partial charge < -0.3 is 5.73 Å². The van der Waals surface area contributed by atoms with Gasteiger partial charge in [0.2, 0.25) is 0 Å². The van der Waals surface area contributed by atoms with Crippen LogP contribution in [0, 0.1) is 0 Å². The SMILES string of the molecule is CCCn1nccc1C(N)c1ccc(SCC)cc1. The summed E-state index contributed by atoms with van der Waals surface area (Å²) in [5.74, 6) is 1.09. The van der Waals surface area contributed by atoms with E-state index >= 15 is 0 Å². The molecule has 0 amide bonds. The minimum absolute atomic E-state index is 0.102. The standard InChI is InChI=1S/C15H21N3S/c1-3-11-18-14(9-10-17-18)15(16)12-5-7-13(8-6-12)19-4-2/h5-10,15H,3-4,11,16H2,1-2H3. The topological polar surface area (TPSA) is 43.8 Å². The van der Waals surface area contributed by atoms with Gasteiger partial charge in [-0.1, -0.05) is 26.0 Å². The number of rotatable bonds is 6. The van der Waals surface area contributed by atoms with Crippen LogP contribution in [-0.4, -0.2) is 15.5 Å². The van der Waals surface area contributed by atoms with Crippen molar-refractivity contribution in [1.82, 2.24) is 9.78 Å². The molecule has 0 saturated carbocycles. The van der Waals surface area contributed by atoms with Crippen LogP contribution in [0.1, 0.15) is 37.6 Å². The van der Waals surface area contributed by atoms with Crippen molar-refractivity contribution in [3.63, 3.8) is 0 Å². The van der Waals surface area contributed by atoms with Crippen molar-refractivity contribution in [2.45, 2.75) is 37.8 Å². The zero-order chi connectivity index (χ0) is 13.7. The highest BCUT2D eigenvalue weighted by Gasteiger charge is 2.13. The first-order valence-electron chi connectivity index (χ1n) is 6.76. The summed E-state index contributed by atoms with van der Waals surface area (Å²) in [6.45, 7) is 5.22. The van der Waals surface area contributed by atoms with Crippen LogP contribution in [0.2, 0.25) is 0 Å². The Morgan fingerprint density at radius 3 is 2.58 bits per heavy atom. The summed E-state index contributed by atoms with van der Waals surface area (Å²) >= 11 is 1.85. The van der Waals surface area contributed by atoms with Crippen LogP contribution in [0.4, 0.5) is 0 Å². The van der Waals surface area contributed by atoms with Crippen molar-refractivity contribution < 1.29 is 0 Å². The van der Waals surface area contributed by atoms with Crippen LogP contribution in [0.25, 0.3) is 0 Å². The summed E-state index contributed by atoms with van der Waals surface area (Å²) < 4.78 is 2.00. The molecule has 0 aliphatic heterocycles. The molecule has 0 aliphatic rings. The zero-order valence-electron chi connectivity index (χ0n) is 11.5. The molecule has 2 rings (SSSR count). The predicted molar refractivity (Wildman–Crippen MR) is 81.4 cm³/mol. The second-order valence-electron chi connectivity index (χ2n) is 4.46. The average Bonchev–Trinajstić information content (AvgIpc) is 2.88. The number of aryl methyl sites for hydroxylation is 1. The van der Waals surface area contributed by atoms with Crippen molar-refractivity contribution in [3.8, 4) is 0 Å². The monoisotopic (exact) mass is 275 g/mol. The fourth-order valence-electron chi connectivity index (χ4n) is 2.11. The van der Waals surface area contributed by atoms with Gasteiger partial charge in [0, 0.05) is 17.6 Å². The Morgan fingerprint density at radius 2 is 1.95 bits per heavy atom. The van der Waals surface area contributed by atoms with Crippen LogP contribution in [0.3, 0.4) is 0 Å². The number of aromatic nitrogens is 2. The number of benzene rings is 1. The Morgan fingerprint density at radius 1 is 1.21 bits per heavy atom. The summed E-state index contributed by atoms with van der Waals surface area (Å²) in [5.41, 5.74) is 8.57. The van der Waals surface area contributed by atoms with Crippen LogP contribution in [0.15, 0.2) is 41.4 Å². The van der Waals surface area contributed by atoms with Gasteiger partial charge in [0.25, 0.3) is 0 Å². The van der Waals surface area contributed by atoms with E-state index in [9.17, 15) is 0 Å². The lowest BCUT2D eigenvalue weighted by Gasteiger charge is -2.14. The number of thioether (sulfide) groups is 1. The summed E-state index contributed by atoms with van der Waals surface area (Å²) in [4.78, 5) is 1.29. The molecule has 1 heterocycles. The summed E-state index contributed by atoms with van der Waals surface area (Å²) in [5, 5.41) is 4.33. The molecule has 1 aromatic heterocycles. The highest BCUT2D eigenvalue weighted by Crippen LogP contribution is 2.23. The maximum absolute atomic E-state index is 6.35. The summed E-state index contributed by atoms with van der Waals surface area (Å²) in [7, 11) is 0. The van der Waals surface area contributed by atoms with Gasteiger partial charge in [0.15, 0.2) is 0 Å². The zero-order valence-corrected chi connectivity index (χ0v) is 12.4. The van der Waals surface area contributed by atoms with E-state index < -0.39 is 0 Å². The van der Waals surface area contributed by atoms with Crippen LogP contribution in [-0.2, 0) is 6.54 Å². The summed E-state index contributed by atoms with van der Waals surface area (Å²) in [6.07, 6.45) is 2.89. The van der Waals surface area contributed by atoms with Gasteiger partial charge in [-0.15, -0.1) is 11.8 Å². The third-order valence-corrected chi connectivity index (χ3v) is 3.95. The van der Waals surface area contributed by atoms with E-state index in [1.165, 1.54) is 4.90 Å². The fourth-order valence-corrected chi connectivity index (χ4v) is 2.78. The molecule has 1 aromatic carbocycles. The van der Waals surface area contributed by atoms with Gasteiger partial charge in [-0.3, -0.25) is 4.68 Å². The van der Waals surface area contributed by atoms with E-state index in [-0.39, 0.29) is 6.04 Å². The van der Waals surface area contributed by atoms with Crippen LogP contribution in [0.5, 0.6) is 0 Å². The predicted octanol–water partition coefficient (Wildman–Crippen LogP) is 3.45. The van der Waals surface area contributed by atoms with Crippen molar-refractivity contribution in [2.75, 3.05) is 5.75 Å². The van der Waals surface area contributed by atoms with Gasteiger partial charge in [-0.2, -0.15) is 5.10 Å². The summed E-state index contributed by atoms with van der Waals surface area (Å²) in [6, 6.07) is 10.4. The molecular weight excluding hydrogens is 254 g/mol. The third kappa shape index (κ3) is 3.39. The molecule has 2 aromatic rings. The first-order chi connectivity index (χ1) is 9.26. The number of hydrogen-bond acceptors (Lipinski definition) is 3. The lowest BCUT2D eigenvalue weighted by molar-refractivity contribution is 0.559. The van der Waals surface area contributed by atoms with Crippen molar-refractivity contribution >= 4 is 11.8 Å². The molecule has 0 bridgehead atoms. The Balaban J connectivity index is 2.18. The molecule has 0 fully saturated rings. The number of nitrogens with two attached hydrogens (primary N) is 1. The largest absolute Gasteiger partial charge is 0.319 e. The van der Waals surface area contributed by atoms with Gasteiger partial charge in [0.1, 0.15) is 0 Å². The highest BCUT2D eigenvalue weighted by molar-refractivity contribution is 7.99. The molecule has 0 radical (unpaired) electrons. The maximum Gasteiger partial charge on any atom is 0.0723 e. The smallest absolute Gasteiger partial charge is 0.0723 e. The molecule has 0 saturated heterocycles. The Hall–Kier alpha value is -1.26. The molecule has 0 aliphatic carbocycles. The molecule has 102 valence electrons. The van der Waals surface area contributed by atoms with Gasteiger partial charge in [0.05, 0.1) is 11.7 Å². The Kier molecular flexibility index (Phi) is 5.05. The van der Waals surface area contributed by atoms with E-state index in [0.29, 0.717) is 0 Å². The average molecular weight is 275 g/mol. The van der Waals surface area contributed by atoms with Crippen molar-refractivity contribution in [2.24, 2.45) is 5.73 Å². The molecule has 0 spiro atoms. The normalized spacial score (nSPS) is 12.6. The van der Waals surface area contributed by atoms with Gasteiger partial charge in [-0.05, 0) is 35.9 Å². The molecule has 3 nitrogen and oxygen atoms in total. The molecule has 2 N–H and O–H groups in total. The van der Waals surface area contributed by atoms with Crippen LogP contribution < -0.4 is 5.73 Å². The molecular formula is C15H21N3S. The number of nitrogens with zero attached hydrogens (tertiary/aromatic N) is 2. The molecule has 19 heavy (non-hydrogen) atoms. The second-order valence-corrected chi connectivity index (χ2v) is 5.80. The highest BCUT2D eigenvalue weighted by atomic mass is 32.2. The van der Waals surface area contributed by atoms with Crippen molar-refractivity contribution in [3.05, 3.63) is 47.8 Å². The second kappa shape index (κ2) is 6.78. The first kappa shape index (κ1) is 14.2. The molecule has 1 atom stereocenters. The van der Waals surface area contributed by atoms with E-state index in [1.54, 1.807) is 0 Å². The van der Waals surface area contributed by atoms with Crippen LogP contribution >= 0.6 is 11.8 Å². The maximum atomic E-state index is 6.35. The first-order valence-corrected chi connectivity index (χ1v) is 7.74.